The molecule has 1 aromatic heterocycles. The van der Waals surface area contributed by atoms with Gasteiger partial charge in [-0.25, -0.2) is 4.98 Å². The molecule has 0 N–H and O–H groups in total. The second kappa shape index (κ2) is 7.31. The number of aromatic nitrogens is 1. The fourth-order valence-electron chi connectivity index (χ4n) is 1.46. The van der Waals surface area contributed by atoms with E-state index in [0.717, 1.165) is 6.42 Å². The third kappa shape index (κ3) is 4.36. The summed E-state index contributed by atoms with van der Waals surface area (Å²) >= 11 is 11.5. The minimum Gasteiger partial charge on any atom is -0.468 e. The van der Waals surface area contributed by atoms with Crippen LogP contribution in [0, 0.1) is 0 Å². The molecule has 0 aliphatic rings. The Morgan fingerprint density at radius 1 is 1.42 bits per heavy atom. The average molecular weight is 305 g/mol. The number of carbonyl (C=O) groups excluding carboxylic acids is 2. The van der Waals surface area contributed by atoms with E-state index in [1.165, 1.54) is 24.3 Å². The summed E-state index contributed by atoms with van der Waals surface area (Å²) < 4.78 is 4.56. The van der Waals surface area contributed by atoms with Crippen LogP contribution in [0.5, 0.6) is 0 Å². The van der Waals surface area contributed by atoms with E-state index >= 15 is 0 Å². The van der Waals surface area contributed by atoms with Crippen LogP contribution in [0.3, 0.4) is 0 Å². The molecule has 0 saturated carbocycles. The monoisotopic (exact) mass is 304 g/mol. The Balaban J connectivity index is 2.91. The largest absolute Gasteiger partial charge is 0.468 e. The van der Waals surface area contributed by atoms with E-state index in [1.54, 1.807) is 0 Å². The molecule has 0 bridgehead atoms. The van der Waals surface area contributed by atoms with Crippen LogP contribution in [0.15, 0.2) is 12.3 Å². The van der Waals surface area contributed by atoms with Gasteiger partial charge in [0.1, 0.15) is 11.7 Å². The third-order valence-corrected chi connectivity index (χ3v) is 3.06. The van der Waals surface area contributed by atoms with Gasteiger partial charge in [0.05, 0.1) is 17.7 Å². The zero-order chi connectivity index (χ0) is 14.4. The molecule has 0 saturated heterocycles. The van der Waals surface area contributed by atoms with Gasteiger partial charge in [-0.15, -0.1) is 0 Å². The second-order valence-corrected chi connectivity index (χ2v) is 4.56. The van der Waals surface area contributed by atoms with Crippen molar-refractivity contribution in [3.63, 3.8) is 0 Å². The summed E-state index contributed by atoms with van der Waals surface area (Å²) in [7, 11) is 1.28. The van der Waals surface area contributed by atoms with Crippen LogP contribution in [0.2, 0.25) is 10.2 Å². The number of methoxy groups -OCH3 is 1. The first-order chi connectivity index (χ1) is 8.99. The Hall–Kier alpha value is -1.33. The van der Waals surface area contributed by atoms with Gasteiger partial charge < -0.3 is 9.64 Å². The molecule has 19 heavy (non-hydrogen) atoms. The fourth-order valence-corrected chi connectivity index (χ4v) is 1.73. The first kappa shape index (κ1) is 15.7. The average Bonchev–Trinajstić information content (AvgIpc) is 2.40. The third-order valence-electron chi connectivity index (χ3n) is 2.37. The van der Waals surface area contributed by atoms with Gasteiger partial charge in [-0.05, 0) is 12.5 Å². The van der Waals surface area contributed by atoms with Crippen LogP contribution in [0.4, 0.5) is 0 Å². The molecule has 1 amide bonds. The first-order valence-electron chi connectivity index (χ1n) is 5.66. The number of nitrogens with zero attached hydrogens (tertiary/aromatic N) is 2. The number of hydrogen-bond donors (Lipinski definition) is 0. The molecule has 0 spiro atoms. The Kier molecular flexibility index (Phi) is 6.05. The Morgan fingerprint density at radius 2 is 2.11 bits per heavy atom. The number of pyridine rings is 1. The van der Waals surface area contributed by atoms with E-state index in [-0.39, 0.29) is 28.2 Å². The van der Waals surface area contributed by atoms with Gasteiger partial charge in [0.15, 0.2) is 0 Å². The van der Waals surface area contributed by atoms with Crippen LogP contribution in [0.1, 0.15) is 23.7 Å². The zero-order valence-corrected chi connectivity index (χ0v) is 12.2. The van der Waals surface area contributed by atoms with Crippen LogP contribution in [0.25, 0.3) is 0 Å². The van der Waals surface area contributed by atoms with E-state index in [4.69, 9.17) is 23.2 Å². The normalized spacial score (nSPS) is 10.1. The number of ether oxygens (including phenoxy) is 1. The molecule has 0 aliphatic carbocycles. The van der Waals surface area contributed by atoms with Crippen molar-refractivity contribution in [3.05, 3.63) is 28.0 Å². The topological polar surface area (TPSA) is 59.5 Å². The minimum absolute atomic E-state index is 0.108. The Labute approximate surface area is 121 Å². The summed E-state index contributed by atoms with van der Waals surface area (Å²) in [5.74, 6) is -0.812. The highest BCUT2D eigenvalue weighted by Gasteiger charge is 2.19. The maximum atomic E-state index is 12.2. The van der Waals surface area contributed by atoms with Gasteiger partial charge >= 0.3 is 5.97 Å². The summed E-state index contributed by atoms with van der Waals surface area (Å²) in [6, 6.07) is 1.43. The van der Waals surface area contributed by atoms with Crippen molar-refractivity contribution in [2.45, 2.75) is 13.3 Å². The number of amides is 1. The van der Waals surface area contributed by atoms with Crippen LogP contribution in [-0.4, -0.2) is 42.0 Å². The van der Waals surface area contributed by atoms with Gasteiger partial charge in [-0.1, -0.05) is 30.1 Å². The molecular weight excluding hydrogens is 291 g/mol. The summed E-state index contributed by atoms with van der Waals surface area (Å²) in [6.45, 7) is 2.24. The highest BCUT2D eigenvalue weighted by Crippen LogP contribution is 2.20. The highest BCUT2D eigenvalue weighted by molar-refractivity contribution is 6.41. The van der Waals surface area contributed by atoms with Crippen LogP contribution < -0.4 is 0 Å². The zero-order valence-electron chi connectivity index (χ0n) is 10.7. The maximum absolute atomic E-state index is 12.2. The van der Waals surface area contributed by atoms with E-state index in [9.17, 15) is 9.59 Å². The van der Waals surface area contributed by atoms with Crippen molar-refractivity contribution in [2.24, 2.45) is 0 Å². The SMILES string of the molecule is CCCN(CC(=O)OC)C(=O)c1cnc(Cl)c(Cl)c1. The molecule has 7 heteroatoms. The number of esters is 1. The van der Waals surface area contributed by atoms with Crippen molar-refractivity contribution in [3.8, 4) is 0 Å². The van der Waals surface area contributed by atoms with Gasteiger partial charge in [0.2, 0.25) is 0 Å². The summed E-state index contributed by atoms with van der Waals surface area (Å²) in [5, 5.41) is 0.329. The first-order valence-corrected chi connectivity index (χ1v) is 6.42. The number of halogens is 2. The predicted molar refractivity (Wildman–Crippen MR) is 72.5 cm³/mol. The minimum atomic E-state index is -0.477. The molecule has 0 fully saturated rings. The van der Waals surface area contributed by atoms with Crippen LogP contribution >= 0.6 is 23.2 Å². The molecule has 1 aromatic rings. The molecule has 0 unspecified atom stereocenters. The smallest absolute Gasteiger partial charge is 0.325 e. The van der Waals surface area contributed by atoms with Crippen molar-refractivity contribution >= 4 is 35.1 Å². The molecule has 0 atom stereocenters. The lowest BCUT2D eigenvalue weighted by Gasteiger charge is -2.20. The van der Waals surface area contributed by atoms with Crippen molar-refractivity contribution in [1.82, 2.24) is 9.88 Å². The lowest BCUT2D eigenvalue weighted by atomic mass is 10.2. The molecule has 5 nitrogen and oxygen atoms in total. The van der Waals surface area contributed by atoms with E-state index < -0.39 is 5.97 Å². The van der Waals surface area contributed by atoms with Gasteiger partial charge in [0, 0.05) is 12.7 Å². The Bertz CT molecular complexity index is 480. The fraction of sp³-hybridized carbons (Fsp3) is 0.417. The standard InChI is InChI=1S/C12H14Cl2N2O3/c1-3-4-16(7-10(17)19-2)12(18)8-5-9(13)11(14)15-6-8/h5-6H,3-4,7H2,1-2H3. The quantitative estimate of drug-likeness (QED) is 0.619. The van der Waals surface area contributed by atoms with Crippen LogP contribution in [-0.2, 0) is 9.53 Å². The molecule has 0 aromatic carbocycles. The maximum Gasteiger partial charge on any atom is 0.325 e. The van der Waals surface area contributed by atoms with Crippen molar-refractivity contribution in [1.29, 1.82) is 0 Å². The molecule has 0 radical (unpaired) electrons. The van der Waals surface area contributed by atoms with E-state index in [0.29, 0.717) is 6.54 Å². The lowest BCUT2D eigenvalue weighted by molar-refractivity contribution is -0.141. The lowest BCUT2D eigenvalue weighted by Crippen LogP contribution is -2.36. The van der Waals surface area contributed by atoms with Gasteiger partial charge in [-0.3, -0.25) is 9.59 Å². The van der Waals surface area contributed by atoms with Crippen molar-refractivity contribution in [2.75, 3.05) is 20.2 Å². The molecular formula is C12H14Cl2N2O3. The van der Waals surface area contributed by atoms with E-state index in [1.807, 2.05) is 6.92 Å². The summed E-state index contributed by atoms with van der Waals surface area (Å²) in [4.78, 5) is 28.7. The number of carbonyl (C=O) groups is 2. The summed E-state index contributed by atoms with van der Waals surface area (Å²) in [6.07, 6.45) is 2.05. The second-order valence-electron chi connectivity index (χ2n) is 3.80. The molecule has 0 aliphatic heterocycles. The van der Waals surface area contributed by atoms with Crippen molar-refractivity contribution < 1.29 is 14.3 Å². The Morgan fingerprint density at radius 3 is 2.63 bits per heavy atom. The highest BCUT2D eigenvalue weighted by atomic mass is 35.5. The predicted octanol–water partition coefficient (Wildman–Crippen LogP) is 2.41. The molecule has 1 rings (SSSR count). The van der Waals surface area contributed by atoms with Gasteiger partial charge in [-0.2, -0.15) is 0 Å². The molecule has 1 heterocycles. The number of rotatable bonds is 5. The van der Waals surface area contributed by atoms with Gasteiger partial charge in [0.25, 0.3) is 5.91 Å². The number of hydrogen-bond acceptors (Lipinski definition) is 4. The summed E-state index contributed by atoms with van der Waals surface area (Å²) in [5.41, 5.74) is 0.284. The molecule has 104 valence electrons. The van der Waals surface area contributed by atoms with E-state index in [2.05, 4.69) is 9.72 Å².